The van der Waals surface area contributed by atoms with Crippen molar-refractivity contribution in [2.45, 2.75) is 91.6 Å². The van der Waals surface area contributed by atoms with E-state index in [9.17, 15) is 19.2 Å². The minimum Gasteiger partial charge on any atom is -0.412 e. The van der Waals surface area contributed by atoms with Crippen LogP contribution in [0.3, 0.4) is 0 Å². The van der Waals surface area contributed by atoms with E-state index in [2.05, 4.69) is 53.4 Å². The van der Waals surface area contributed by atoms with Gasteiger partial charge in [0.25, 0.3) is 11.1 Å². The van der Waals surface area contributed by atoms with E-state index in [-0.39, 0.29) is 43.7 Å². The monoisotopic (exact) mass is 962 g/mol. The zero-order chi connectivity index (χ0) is 49.4. The third-order valence-electron chi connectivity index (χ3n) is 13.0. The Morgan fingerprint density at radius 1 is 0.577 bits per heavy atom. The summed E-state index contributed by atoms with van der Waals surface area (Å²) in [6, 6.07) is 15.4. The maximum Gasteiger partial charge on any atom is 0.332 e. The van der Waals surface area contributed by atoms with Gasteiger partial charge in [-0.05, 0) is 65.5 Å². The zero-order valence-electron chi connectivity index (χ0n) is 40.8. The van der Waals surface area contributed by atoms with E-state index in [1.807, 2.05) is 62.4 Å². The molecule has 2 fully saturated rings. The first kappa shape index (κ1) is 49.4. The summed E-state index contributed by atoms with van der Waals surface area (Å²) in [6.45, 7) is 10.6. The summed E-state index contributed by atoms with van der Waals surface area (Å²) in [5.74, 6) is 13.9. The Labute approximate surface area is 407 Å². The van der Waals surface area contributed by atoms with Crippen molar-refractivity contribution in [3.63, 3.8) is 0 Å². The number of fused-ring (bicyclic) bond motifs is 4. The molecule has 368 valence electrons. The normalized spacial score (nSPS) is 15.8. The van der Waals surface area contributed by atoms with Crippen molar-refractivity contribution in [2.75, 3.05) is 36.0 Å². The highest BCUT2D eigenvalue weighted by Gasteiger charge is 2.28. The third kappa shape index (κ3) is 9.42. The molecule has 21 nitrogen and oxygen atoms in total. The predicted molar refractivity (Wildman–Crippen MR) is 275 cm³/mol. The number of aromatic nitrogens is 12. The lowest BCUT2D eigenvalue weighted by molar-refractivity contribution is 0.496. The van der Waals surface area contributed by atoms with Gasteiger partial charge in [0, 0.05) is 74.5 Å². The number of imidazole rings is 2. The molecule has 2 saturated heterocycles. The number of piperidine rings is 2. The molecule has 6 aromatic heterocycles. The summed E-state index contributed by atoms with van der Waals surface area (Å²) in [6.07, 6.45) is 3.77. The van der Waals surface area contributed by atoms with Crippen LogP contribution in [0.1, 0.15) is 62.6 Å². The van der Waals surface area contributed by atoms with Crippen LogP contribution in [0.4, 0.5) is 11.9 Å². The average molecular weight is 963 g/mol. The van der Waals surface area contributed by atoms with Gasteiger partial charge in [-0.25, -0.2) is 29.5 Å². The summed E-state index contributed by atoms with van der Waals surface area (Å²) in [5, 5.41) is 1.88. The molecule has 0 amide bonds. The lowest BCUT2D eigenvalue weighted by Crippen LogP contribution is -2.44. The Kier molecular flexibility index (Phi) is 14.3. The number of anilines is 2. The number of para-hydroxylation sites is 2. The van der Waals surface area contributed by atoms with Crippen molar-refractivity contribution < 1.29 is 5.48 Å². The van der Waals surface area contributed by atoms with Gasteiger partial charge in [-0.15, -0.1) is 11.8 Å². The van der Waals surface area contributed by atoms with Crippen molar-refractivity contribution in [3.05, 3.63) is 113 Å². The van der Waals surface area contributed by atoms with Crippen LogP contribution < -0.4 is 43.8 Å². The molecule has 0 unspecified atom stereocenters. The molecule has 10 rings (SSSR count). The van der Waals surface area contributed by atoms with Gasteiger partial charge in [-0.1, -0.05) is 48.2 Å². The lowest BCUT2D eigenvalue weighted by atomic mass is 10.1. The zero-order valence-corrected chi connectivity index (χ0v) is 40.8. The maximum absolute atomic E-state index is 13.7. The SMILES string of the molecule is CC#CCn1c(N2CCC[C@@H](N)C2)nc2c1c(=O)n(Cc1nc(C)c3ccccc3n1)c(=O)n2C.CC#CCn1c(N2CCC[C@@H](N)C2)nc2c1c(=O)n(Cc1nc(C)c3ccccc3n1)c(=O)n2C.O. The van der Waals surface area contributed by atoms with Crippen molar-refractivity contribution in [1.29, 1.82) is 0 Å². The van der Waals surface area contributed by atoms with Crippen LogP contribution in [0, 0.1) is 37.5 Å². The molecule has 2 aliphatic heterocycles. The molecule has 21 heteroatoms. The van der Waals surface area contributed by atoms with Gasteiger partial charge in [-0.3, -0.25) is 37.0 Å². The van der Waals surface area contributed by atoms with E-state index in [0.29, 0.717) is 59.0 Å². The van der Waals surface area contributed by atoms with Crippen LogP contribution in [0.2, 0.25) is 0 Å². The second-order valence-corrected chi connectivity index (χ2v) is 17.8. The number of hydrogen-bond acceptors (Lipinski definition) is 14. The quantitative estimate of drug-likeness (QED) is 0.205. The molecule has 2 atom stereocenters. The second kappa shape index (κ2) is 20.5. The van der Waals surface area contributed by atoms with Gasteiger partial charge in [0.05, 0.1) is 37.2 Å². The summed E-state index contributed by atoms with van der Waals surface area (Å²) in [5.41, 5.74) is 15.1. The van der Waals surface area contributed by atoms with E-state index in [1.165, 1.54) is 18.3 Å². The number of nitrogens with zero attached hydrogens (tertiary/aromatic N) is 14. The Morgan fingerprint density at radius 3 is 1.35 bits per heavy atom. The highest BCUT2D eigenvalue weighted by molar-refractivity contribution is 5.81. The molecule has 0 bridgehead atoms. The fourth-order valence-electron chi connectivity index (χ4n) is 9.49. The highest BCUT2D eigenvalue weighted by Crippen LogP contribution is 2.25. The summed E-state index contributed by atoms with van der Waals surface area (Å²) in [7, 11) is 3.25. The average Bonchev–Trinajstić information content (AvgIpc) is 3.94. The van der Waals surface area contributed by atoms with Crippen molar-refractivity contribution in [1.82, 2.24) is 57.3 Å². The largest absolute Gasteiger partial charge is 0.412 e. The van der Waals surface area contributed by atoms with Crippen molar-refractivity contribution in [3.8, 4) is 23.7 Å². The Bertz CT molecular complexity index is 3480. The molecule has 0 spiro atoms. The smallest absolute Gasteiger partial charge is 0.332 e. The van der Waals surface area contributed by atoms with E-state index in [4.69, 9.17) is 21.4 Å². The first-order valence-corrected chi connectivity index (χ1v) is 23.4. The summed E-state index contributed by atoms with van der Waals surface area (Å²) in [4.78, 5) is 86.0. The van der Waals surface area contributed by atoms with Crippen LogP contribution in [-0.4, -0.2) is 101 Å². The molecular formula is C50H58N16O5. The third-order valence-corrected chi connectivity index (χ3v) is 13.0. The molecule has 6 N–H and O–H groups in total. The summed E-state index contributed by atoms with van der Waals surface area (Å²) < 4.78 is 8.77. The van der Waals surface area contributed by atoms with Crippen LogP contribution >= 0.6 is 0 Å². The Hall–Kier alpha value is -7.98. The lowest BCUT2D eigenvalue weighted by Gasteiger charge is -2.31. The van der Waals surface area contributed by atoms with Crippen LogP contribution in [0.15, 0.2) is 67.7 Å². The fourth-order valence-corrected chi connectivity index (χ4v) is 9.49. The standard InChI is InChI=1S/2C25H28N8O2.H2O/c2*1-4-5-13-32-21-22(29-24(32)31-12-8-9-17(26)14-31)30(3)25(35)33(23(21)34)15-20-27-16(2)18-10-6-7-11-19(18)28-20;/h2*6-7,10-11,17H,8-9,12-15,26H2,1-3H3;1H2/t2*17-;/m11./s1. The number of nitrogens with two attached hydrogens (primary N) is 2. The predicted octanol–water partition coefficient (Wildman–Crippen LogP) is 1.47. The first-order valence-electron chi connectivity index (χ1n) is 23.4. The molecular weight excluding hydrogens is 905 g/mol. The van der Waals surface area contributed by atoms with E-state index >= 15 is 0 Å². The van der Waals surface area contributed by atoms with Gasteiger partial charge in [0.2, 0.25) is 11.9 Å². The fraction of sp³-hybridized carbons (Fsp3) is 0.400. The topological polar surface area (TPSA) is 265 Å². The molecule has 0 radical (unpaired) electrons. The Morgan fingerprint density at radius 2 is 0.972 bits per heavy atom. The number of rotatable bonds is 8. The van der Waals surface area contributed by atoms with E-state index < -0.39 is 22.5 Å². The maximum atomic E-state index is 13.7. The van der Waals surface area contributed by atoms with Gasteiger partial charge < -0.3 is 26.7 Å². The molecule has 0 aliphatic carbocycles. The van der Waals surface area contributed by atoms with Crippen molar-refractivity contribution in [2.24, 2.45) is 25.6 Å². The summed E-state index contributed by atoms with van der Waals surface area (Å²) >= 11 is 0. The van der Waals surface area contributed by atoms with E-state index in [1.54, 1.807) is 37.1 Å². The highest BCUT2D eigenvalue weighted by atomic mass is 16.2. The van der Waals surface area contributed by atoms with Gasteiger partial charge in [0.1, 0.15) is 11.6 Å². The molecule has 71 heavy (non-hydrogen) atoms. The van der Waals surface area contributed by atoms with Crippen LogP contribution in [-0.2, 0) is 40.3 Å². The van der Waals surface area contributed by atoms with Crippen molar-refractivity contribution >= 4 is 56.0 Å². The van der Waals surface area contributed by atoms with Gasteiger partial charge in [0.15, 0.2) is 22.3 Å². The Balaban J connectivity index is 0.000000188. The number of aryl methyl sites for hydroxylation is 4. The molecule has 8 heterocycles. The van der Waals surface area contributed by atoms with Gasteiger partial charge >= 0.3 is 11.4 Å². The minimum absolute atomic E-state index is 0. The number of benzene rings is 2. The van der Waals surface area contributed by atoms with Crippen LogP contribution in [0.25, 0.3) is 44.1 Å². The second-order valence-electron chi connectivity index (χ2n) is 17.8. The van der Waals surface area contributed by atoms with E-state index in [0.717, 1.165) is 72.0 Å². The van der Waals surface area contributed by atoms with Gasteiger partial charge in [-0.2, -0.15) is 9.97 Å². The van der Waals surface area contributed by atoms with Crippen LogP contribution in [0.5, 0.6) is 0 Å². The molecule has 2 aromatic carbocycles. The molecule has 0 saturated carbocycles. The number of hydrogen-bond donors (Lipinski definition) is 2. The first-order chi connectivity index (χ1) is 33.8. The molecule has 2 aliphatic rings. The minimum atomic E-state index is -0.468. The molecule has 8 aromatic rings.